The average Bonchev–Trinajstić information content (AvgIpc) is 3.04. The molecule has 0 aliphatic rings. The Morgan fingerprint density at radius 1 is 1.04 bits per heavy atom. The molecule has 0 fully saturated rings. The summed E-state index contributed by atoms with van der Waals surface area (Å²) in [6, 6.07) is 17.7. The van der Waals surface area contributed by atoms with Crippen LogP contribution in [-0.2, 0) is 4.74 Å². The van der Waals surface area contributed by atoms with Crippen LogP contribution in [-0.4, -0.2) is 28.8 Å². The molecule has 0 aliphatic carbocycles. The van der Waals surface area contributed by atoms with Gasteiger partial charge in [-0.3, -0.25) is 4.79 Å². The van der Waals surface area contributed by atoms with Crippen LogP contribution in [0, 0.1) is 6.92 Å². The molecule has 2 aromatic carbocycles. The van der Waals surface area contributed by atoms with Gasteiger partial charge in [0, 0.05) is 5.69 Å². The normalized spacial score (nSPS) is 10.3. The van der Waals surface area contributed by atoms with Crippen molar-refractivity contribution in [2.24, 2.45) is 0 Å². The smallest absolute Gasteiger partial charge is 0.337 e. The van der Waals surface area contributed by atoms with Gasteiger partial charge in [-0.25, -0.2) is 9.48 Å². The van der Waals surface area contributed by atoms with Gasteiger partial charge in [0.15, 0.2) is 0 Å². The van der Waals surface area contributed by atoms with Crippen molar-refractivity contribution in [2.45, 2.75) is 6.92 Å². The number of aromatic nitrogens is 2. The van der Waals surface area contributed by atoms with Gasteiger partial charge in [0.2, 0.25) is 0 Å². The van der Waals surface area contributed by atoms with E-state index in [1.807, 2.05) is 37.3 Å². The minimum Gasteiger partial charge on any atom is -0.465 e. The summed E-state index contributed by atoms with van der Waals surface area (Å²) in [4.78, 5) is 24.1. The van der Waals surface area contributed by atoms with Crippen LogP contribution in [0.1, 0.15) is 26.5 Å². The summed E-state index contributed by atoms with van der Waals surface area (Å²) in [5.74, 6) is -0.703. The molecule has 1 N–H and O–H groups in total. The molecule has 0 saturated carbocycles. The lowest BCUT2D eigenvalue weighted by Crippen LogP contribution is -2.17. The van der Waals surface area contributed by atoms with E-state index in [1.165, 1.54) is 7.11 Å². The zero-order chi connectivity index (χ0) is 17.8. The zero-order valence-corrected chi connectivity index (χ0v) is 13.9. The van der Waals surface area contributed by atoms with E-state index < -0.39 is 5.97 Å². The first kappa shape index (κ1) is 16.4. The highest BCUT2D eigenvalue weighted by atomic mass is 16.5. The van der Waals surface area contributed by atoms with Crippen LogP contribution < -0.4 is 5.32 Å². The van der Waals surface area contributed by atoms with E-state index in [-0.39, 0.29) is 5.91 Å². The third kappa shape index (κ3) is 3.58. The second-order valence-electron chi connectivity index (χ2n) is 5.44. The van der Waals surface area contributed by atoms with E-state index in [4.69, 9.17) is 0 Å². The van der Waals surface area contributed by atoms with Gasteiger partial charge in [-0.05, 0) is 49.4 Å². The van der Waals surface area contributed by atoms with Crippen LogP contribution >= 0.6 is 0 Å². The minimum absolute atomic E-state index is 0.282. The molecule has 3 rings (SSSR count). The fraction of sp³-hybridized carbons (Fsp3) is 0.105. The molecule has 0 radical (unpaired) electrons. The van der Waals surface area contributed by atoms with Crippen LogP contribution in [0.2, 0.25) is 0 Å². The van der Waals surface area contributed by atoms with Gasteiger partial charge in [-0.1, -0.05) is 18.2 Å². The van der Waals surface area contributed by atoms with Gasteiger partial charge in [0.05, 0.1) is 24.1 Å². The molecule has 1 amide bonds. The van der Waals surface area contributed by atoms with Crippen molar-refractivity contribution < 1.29 is 14.3 Å². The number of hydrogen-bond acceptors (Lipinski definition) is 4. The molecule has 3 aromatic rings. The molecule has 0 unspecified atom stereocenters. The number of nitrogens with one attached hydrogen (secondary N) is 1. The summed E-state index contributed by atoms with van der Waals surface area (Å²) in [6.45, 7) is 1.83. The quantitative estimate of drug-likeness (QED) is 0.743. The number of rotatable bonds is 4. The number of para-hydroxylation sites is 1. The summed E-state index contributed by atoms with van der Waals surface area (Å²) in [7, 11) is 1.32. The summed E-state index contributed by atoms with van der Waals surface area (Å²) >= 11 is 0. The van der Waals surface area contributed by atoms with Gasteiger partial charge in [-0.2, -0.15) is 5.10 Å². The van der Waals surface area contributed by atoms with Crippen molar-refractivity contribution in [3.8, 4) is 5.69 Å². The Kier molecular flexibility index (Phi) is 4.61. The lowest BCUT2D eigenvalue weighted by atomic mass is 10.2. The number of amides is 1. The maximum absolute atomic E-state index is 12.6. The Hall–Kier alpha value is -3.41. The van der Waals surface area contributed by atoms with Crippen molar-refractivity contribution in [3.63, 3.8) is 0 Å². The predicted molar refractivity (Wildman–Crippen MR) is 94.0 cm³/mol. The second kappa shape index (κ2) is 7.00. The maximum atomic E-state index is 12.6. The minimum atomic E-state index is -0.421. The lowest BCUT2D eigenvalue weighted by Gasteiger charge is -2.09. The summed E-state index contributed by atoms with van der Waals surface area (Å²) in [5, 5.41) is 7.20. The zero-order valence-electron chi connectivity index (χ0n) is 13.9. The largest absolute Gasteiger partial charge is 0.465 e. The molecule has 0 atom stereocenters. The first-order chi connectivity index (χ1) is 12.1. The SMILES string of the molecule is COC(=O)c1ccc(NC(=O)c2cc(C)nn2-c2ccccc2)cc1. The third-order valence-corrected chi connectivity index (χ3v) is 3.63. The molecule has 0 bridgehead atoms. The van der Waals surface area contributed by atoms with E-state index in [2.05, 4.69) is 15.2 Å². The highest BCUT2D eigenvalue weighted by Gasteiger charge is 2.15. The molecule has 0 aliphatic heterocycles. The van der Waals surface area contributed by atoms with Crippen LogP contribution in [0.4, 0.5) is 5.69 Å². The molecule has 6 heteroatoms. The third-order valence-electron chi connectivity index (χ3n) is 3.63. The summed E-state index contributed by atoms with van der Waals surface area (Å²) in [5.41, 5.74) is 2.99. The van der Waals surface area contributed by atoms with Crippen molar-refractivity contribution in [1.82, 2.24) is 9.78 Å². The molecule has 1 heterocycles. The number of methoxy groups -OCH3 is 1. The van der Waals surface area contributed by atoms with Gasteiger partial charge < -0.3 is 10.1 Å². The molecule has 126 valence electrons. The number of hydrogen-bond donors (Lipinski definition) is 1. The van der Waals surface area contributed by atoms with Crippen molar-refractivity contribution in [2.75, 3.05) is 12.4 Å². The monoisotopic (exact) mass is 335 g/mol. The van der Waals surface area contributed by atoms with Gasteiger partial charge in [0.1, 0.15) is 5.69 Å². The first-order valence-corrected chi connectivity index (χ1v) is 7.70. The molecule has 1 aromatic heterocycles. The van der Waals surface area contributed by atoms with E-state index >= 15 is 0 Å². The number of ether oxygens (including phenoxy) is 1. The Bertz CT molecular complexity index is 899. The molecular formula is C19H17N3O3. The average molecular weight is 335 g/mol. The molecule has 0 spiro atoms. The Labute approximate surface area is 145 Å². The Balaban J connectivity index is 1.84. The van der Waals surface area contributed by atoms with Gasteiger partial charge in [0.25, 0.3) is 5.91 Å². The second-order valence-corrected chi connectivity index (χ2v) is 5.44. The van der Waals surface area contributed by atoms with E-state index in [9.17, 15) is 9.59 Å². The van der Waals surface area contributed by atoms with Crippen LogP contribution in [0.15, 0.2) is 60.7 Å². The fourth-order valence-electron chi connectivity index (χ4n) is 2.43. The van der Waals surface area contributed by atoms with Crippen LogP contribution in [0.3, 0.4) is 0 Å². The van der Waals surface area contributed by atoms with Gasteiger partial charge in [-0.15, -0.1) is 0 Å². The highest BCUT2D eigenvalue weighted by molar-refractivity contribution is 6.03. The number of nitrogens with zero attached hydrogens (tertiary/aromatic N) is 2. The van der Waals surface area contributed by atoms with E-state index in [0.29, 0.717) is 16.9 Å². The first-order valence-electron chi connectivity index (χ1n) is 7.70. The lowest BCUT2D eigenvalue weighted by molar-refractivity contribution is 0.0600. The Morgan fingerprint density at radius 2 is 1.72 bits per heavy atom. The van der Waals surface area contributed by atoms with Crippen LogP contribution in [0.25, 0.3) is 5.69 Å². The molecule has 25 heavy (non-hydrogen) atoms. The topological polar surface area (TPSA) is 73.2 Å². The maximum Gasteiger partial charge on any atom is 0.337 e. The number of aryl methyl sites for hydroxylation is 1. The Morgan fingerprint density at radius 3 is 2.36 bits per heavy atom. The predicted octanol–water partition coefficient (Wildman–Crippen LogP) is 3.22. The number of anilines is 1. The number of esters is 1. The highest BCUT2D eigenvalue weighted by Crippen LogP contribution is 2.16. The van der Waals surface area contributed by atoms with Crippen molar-refractivity contribution in [1.29, 1.82) is 0 Å². The number of carbonyl (C=O) groups excluding carboxylic acids is 2. The molecular weight excluding hydrogens is 318 g/mol. The number of carbonyl (C=O) groups is 2. The van der Waals surface area contributed by atoms with E-state index in [1.54, 1.807) is 35.0 Å². The molecule has 0 saturated heterocycles. The van der Waals surface area contributed by atoms with Crippen molar-refractivity contribution in [3.05, 3.63) is 77.6 Å². The van der Waals surface area contributed by atoms with E-state index in [0.717, 1.165) is 11.4 Å². The van der Waals surface area contributed by atoms with Gasteiger partial charge >= 0.3 is 5.97 Å². The fourth-order valence-corrected chi connectivity index (χ4v) is 2.43. The van der Waals surface area contributed by atoms with Crippen LogP contribution in [0.5, 0.6) is 0 Å². The summed E-state index contributed by atoms with van der Waals surface area (Å²) < 4.78 is 6.26. The summed E-state index contributed by atoms with van der Waals surface area (Å²) in [6.07, 6.45) is 0. The molecule has 6 nitrogen and oxygen atoms in total. The number of benzene rings is 2. The van der Waals surface area contributed by atoms with Crippen molar-refractivity contribution >= 4 is 17.6 Å². The standard InChI is InChI=1S/C19H17N3O3/c1-13-12-17(22(21-13)16-6-4-3-5-7-16)18(23)20-15-10-8-14(9-11-15)19(24)25-2/h3-12H,1-2H3,(H,20,23).